The number of hydrogen-bond donors (Lipinski definition) is 1. The van der Waals surface area contributed by atoms with Gasteiger partial charge in [-0.3, -0.25) is 4.79 Å². The number of unbranched alkanes of at least 4 members (excludes halogenated alkanes) is 4. The zero-order valence-corrected chi connectivity index (χ0v) is 20.2. The Morgan fingerprint density at radius 2 is 2.03 bits per heavy atom. The molecule has 1 rings (SSSR count). The number of esters is 1. The van der Waals surface area contributed by atoms with Gasteiger partial charge in [0, 0.05) is 13.0 Å². The summed E-state index contributed by atoms with van der Waals surface area (Å²) in [6, 6.07) is 0. The number of nitrogens with one attached hydrogen (secondary N) is 1. The minimum atomic E-state index is -0.110. The third kappa shape index (κ3) is 11.7. The monoisotopic (exact) mass is 440 g/mol. The highest BCUT2D eigenvalue weighted by molar-refractivity contribution is 7.04. The van der Waals surface area contributed by atoms with E-state index >= 15 is 0 Å². The van der Waals surface area contributed by atoms with Crippen molar-refractivity contribution in [2.75, 3.05) is 20.3 Å². The molecule has 1 N–H and O–H groups in total. The van der Waals surface area contributed by atoms with Gasteiger partial charge < -0.3 is 14.3 Å². The Morgan fingerprint density at radius 3 is 2.73 bits per heavy atom. The number of carbonyl (C=O) groups excluding carboxylic acids is 1. The van der Waals surface area contributed by atoms with Gasteiger partial charge in [0.25, 0.3) is 0 Å². The van der Waals surface area contributed by atoms with Crippen LogP contribution in [0.4, 0.5) is 0 Å². The van der Waals surface area contributed by atoms with Crippen LogP contribution in [0, 0.1) is 5.92 Å². The summed E-state index contributed by atoms with van der Waals surface area (Å²) in [7, 11) is 1.61. The quantitative estimate of drug-likeness (QED) is 0.188. The molecule has 0 spiro atoms. The van der Waals surface area contributed by atoms with Crippen LogP contribution in [0.15, 0.2) is 11.5 Å². The molecule has 0 saturated carbocycles. The molecule has 0 radical (unpaired) electrons. The van der Waals surface area contributed by atoms with Crippen LogP contribution in [0.2, 0.25) is 0 Å². The third-order valence-electron chi connectivity index (χ3n) is 4.62. The van der Waals surface area contributed by atoms with Gasteiger partial charge in [-0.2, -0.15) is 9.85 Å². The number of nitrogens with zero attached hydrogens (tertiary/aromatic N) is 1. The number of ether oxygens (including phenoxy) is 2. The van der Waals surface area contributed by atoms with E-state index in [0.717, 1.165) is 49.3 Å². The predicted molar refractivity (Wildman–Crippen MR) is 124 cm³/mol. The first-order valence-electron chi connectivity index (χ1n) is 11.2. The second-order valence-corrected chi connectivity index (χ2v) is 8.65. The minimum absolute atomic E-state index is 0.0634. The maximum atomic E-state index is 11.8. The van der Waals surface area contributed by atoms with Crippen molar-refractivity contribution < 1.29 is 19.1 Å². The molecule has 1 aromatic heterocycles. The van der Waals surface area contributed by atoms with E-state index in [1.54, 1.807) is 7.11 Å². The molecule has 1 heterocycles. The smallest absolute Gasteiger partial charge is 0.306 e. The molecule has 172 valence electrons. The predicted octanol–water partition coefficient (Wildman–Crippen LogP) is 5.78. The van der Waals surface area contributed by atoms with E-state index in [1.807, 2.05) is 26.2 Å². The Morgan fingerprint density at radius 1 is 1.23 bits per heavy atom. The van der Waals surface area contributed by atoms with Gasteiger partial charge in [-0.05, 0) is 55.6 Å². The molecule has 0 bridgehead atoms. The maximum Gasteiger partial charge on any atom is 0.306 e. The molecule has 0 aliphatic heterocycles. The Kier molecular flexibility index (Phi) is 14.4. The van der Waals surface area contributed by atoms with Crippen molar-refractivity contribution in [3.63, 3.8) is 0 Å². The molecular weight excluding hydrogens is 400 g/mol. The zero-order valence-electron chi connectivity index (χ0n) is 19.4. The summed E-state index contributed by atoms with van der Waals surface area (Å²) >= 11 is 1.41. The van der Waals surface area contributed by atoms with Crippen LogP contribution >= 0.6 is 11.5 Å². The molecule has 0 saturated heterocycles. The van der Waals surface area contributed by atoms with Gasteiger partial charge in [0.15, 0.2) is 5.75 Å². The van der Waals surface area contributed by atoms with Crippen molar-refractivity contribution in [1.82, 2.24) is 9.85 Å². The molecule has 1 atom stereocenters. The van der Waals surface area contributed by atoms with E-state index in [9.17, 15) is 4.79 Å². The van der Waals surface area contributed by atoms with Crippen molar-refractivity contribution >= 4 is 23.1 Å². The first kappa shape index (κ1) is 26.6. The Bertz CT molecular complexity index is 616. The van der Waals surface area contributed by atoms with Gasteiger partial charge in [0.05, 0.1) is 25.2 Å². The van der Waals surface area contributed by atoms with E-state index < -0.39 is 0 Å². The lowest BCUT2D eigenvalue weighted by atomic mass is 10.1. The van der Waals surface area contributed by atoms with Gasteiger partial charge >= 0.3 is 5.97 Å². The van der Waals surface area contributed by atoms with Crippen LogP contribution in [-0.4, -0.2) is 36.7 Å². The third-order valence-corrected chi connectivity index (χ3v) is 5.22. The molecule has 1 unspecified atom stereocenters. The second-order valence-electron chi connectivity index (χ2n) is 8.02. The number of allylic oxidation sites excluding steroid dienone is 1. The molecule has 6 nitrogen and oxygen atoms in total. The summed E-state index contributed by atoms with van der Waals surface area (Å²) in [5.74, 6) is 1.06. The van der Waals surface area contributed by atoms with Crippen LogP contribution in [0.1, 0.15) is 84.8 Å². The fraction of sp³-hybridized carbons (Fsp3) is 0.739. The zero-order chi connectivity index (χ0) is 22.2. The number of aromatic nitrogens is 1. The van der Waals surface area contributed by atoms with Crippen molar-refractivity contribution in [2.45, 2.75) is 85.2 Å². The summed E-state index contributed by atoms with van der Waals surface area (Å²) in [6.45, 7) is 9.49. The van der Waals surface area contributed by atoms with Crippen molar-refractivity contribution in [3.8, 4) is 5.75 Å². The standard InChI is InChI=1S/C23H40N2O4S/c1-6-7-8-11-14-28-21-17-30-25-23(21)20(16-24-27-5)13-10-9-12-19(4)29-22(26)15-18(2)3/h13,17-19,24H,6-12,14-16H2,1-5H3/b20-13+. The summed E-state index contributed by atoms with van der Waals surface area (Å²) < 4.78 is 16.0. The highest BCUT2D eigenvalue weighted by Gasteiger charge is 2.14. The summed E-state index contributed by atoms with van der Waals surface area (Å²) in [6.07, 6.45) is 9.95. The molecule has 1 aromatic rings. The van der Waals surface area contributed by atoms with E-state index in [2.05, 4.69) is 22.9 Å². The molecule has 7 heteroatoms. The largest absolute Gasteiger partial charge is 0.490 e. The molecule has 0 aromatic carbocycles. The van der Waals surface area contributed by atoms with Crippen molar-refractivity contribution in [2.24, 2.45) is 5.92 Å². The molecular formula is C23H40N2O4S. The lowest BCUT2D eigenvalue weighted by molar-refractivity contribution is -0.149. The van der Waals surface area contributed by atoms with Crippen LogP contribution in [0.25, 0.3) is 5.57 Å². The first-order chi connectivity index (χ1) is 14.5. The molecule has 30 heavy (non-hydrogen) atoms. The average Bonchev–Trinajstić information content (AvgIpc) is 3.15. The first-order valence-corrected chi connectivity index (χ1v) is 12.0. The van der Waals surface area contributed by atoms with Crippen LogP contribution < -0.4 is 10.2 Å². The van der Waals surface area contributed by atoms with Gasteiger partial charge in [0.1, 0.15) is 5.69 Å². The lowest BCUT2D eigenvalue weighted by Crippen LogP contribution is -2.16. The van der Waals surface area contributed by atoms with E-state index in [4.69, 9.17) is 14.3 Å². The summed E-state index contributed by atoms with van der Waals surface area (Å²) in [5, 5.41) is 1.96. The number of carbonyl (C=O) groups is 1. The van der Waals surface area contributed by atoms with E-state index in [0.29, 0.717) is 18.9 Å². The van der Waals surface area contributed by atoms with Gasteiger partial charge in [-0.15, -0.1) is 0 Å². The maximum absolute atomic E-state index is 11.8. The minimum Gasteiger partial charge on any atom is -0.490 e. The number of hydroxylamine groups is 1. The number of rotatable bonds is 17. The highest BCUT2D eigenvalue weighted by Crippen LogP contribution is 2.28. The van der Waals surface area contributed by atoms with Gasteiger partial charge in [-0.25, -0.2) is 0 Å². The normalized spacial score (nSPS) is 12.9. The molecule has 0 aliphatic rings. The van der Waals surface area contributed by atoms with E-state index in [1.165, 1.54) is 30.8 Å². The van der Waals surface area contributed by atoms with Gasteiger partial charge in [0.2, 0.25) is 0 Å². The van der Waals surface area contributed by atoms with Crippen molar-refractivity contribution in [3.05, 3.63) is 17.2 Å². The Hall–Kier alpha value is -1.44. The summed E-state index contributed by atoms with van der Waals surface area (Å²) in [4.78, 5) is 16.8. The SMILES string of the molecule is CCCCCCOc1csnc1/C(=C/CCCC(C)OC(=O)CC(C)C)CNOC. The highest BCUT2D eigenvalue weighted by atomic mass is 32.1. The lowest BCUT2D eigenvalue weighted by Gasteiger charge is -2.14. The van der Waals surface area contributed by atoms with Crippen LogP contribution in [0.5, 0.6) is 5.75 Å². The average molecular weight is 441 g/mol. The van der Waals surface area contributed by atoms with E-state index in [-0.39, 0.29) is 12.1 Å². The van der Waals surface area contributed by atoms with Crippen molar-refractivity contribution in [1.29, 1.82) is 0 Å². The second kappa shape index (κ2) is 16.3. The molecule has 0 aliphatic carbocycles. The fourth-order valence-corrected chi connectivity index (χ4v) is 3.65. The van der Waals surface area contributed by atoms with Crippen LogP contribution in [0.3, 0.4) is 0 Å². The fourth-order valence-electron chi connectivity index (χ4n) is 3.01. The number of hydrogen-bond acceptors (Lipinski definition) is 7. The topological polar surface area (TPSA) is 69.7 Å². The summed E-state index contributed by atoms with van der Waals surface area (Å²) in [5.41, 5.74) is 4.86. The Labute approximate surface area is 186 Å². The Balaban J connectivity index is 2.55. The van der Waals surface area contributed by atoms with Gasteiger partial charge in [-0.1, -0.05) is 46.1 Å². The van der Waals surface area contributed by atoms with Crippen LogP contribution in [-0.2, 0) is 14.4 Å². The molecule has 0 fully saturated rings. The molecule has 0 amide bonds.